The number of amides is 1. The number of methoxy groups -OCH3 is 1. The second-order valence-corrected chi connectivity index (χ2v) is 4.83. The van der Waals surface area contributed by atoms with Crippen LogP contribution in [0.25, 0.3) is 0 Å². The summed E-state index contributed by atoms with van der Waals surface area (Å²) >= 11 is 0. The molecule has 1 unspecified atom stereocenters. The van der Waals surface area contributed by atoms with Crippen molar-refractivity contribution in [1.82, 2.24) is 4.90 Å². The van der Waals surface area contributed by atoms with Crippen LogP contribution in [0, 0.1) is 12.0 Å². The van der Waals surface area contributed by atoms with Crippen molar-refractivity contribution in [2.75, 3.05) is 20.2 Å². The van der Waals surface area contributed by atoms with Crippen LogP contribution in [0.4, 0.5) is 4.79 Å². The molecule has 0 radical (unpaired) electrons. The topological polar surface area (TPSA) is 55.8 Å². The number of nitrogens with zero attached hydrogens (tertiary/aromatic N) is 1. The zero-order valence-electron chi connectivity index (χ0n) is 11.1. The van der Waals surface area contributed by atoms with Gasteiger partial charge in [0.2, 0.25) is 0 Å². The summed E-state index contributed by atoms with van der Waals surface area (Å²) in [5.41, 5.74) is -0.539. The number of carbonyl (C=O) groups is 2. The smallest absolute Gasteiger partial charge is 0.410 e. The van der Waals surface area contributed by atoms with E-state index < -0.39 is 23.6 Å². The maximum absolute atomic E-state index is 11.8. The molecule has 0 aromatic carbocycles. The van der Waals surface area contributed by atoms with Crippen LogP contribution in [-0.4, -0.2) is 42.8 Å². The number of esters is 1. The van der Waals surface area contributed by atoms with Crippen LogP contribution >= 0.6 is 0 Å². The van der Waals surface area contributed by atoms with Gasteiger partial charge in [-0.2, -0.15) is 0 Å². The first-order chi connectivity index (χ1) is 7.83. The third kappa shape index (κ3) is 5.21. The Morgan fingerprint density at radius 2 is 2.00 bits per heavy atom. The zero-order chi connectivity index (χ0) is 13.1. The summed E-state index contributed by atoms with van der Waals surface area (Å²) in [4.78, 5) is 24.6. The predicted octanol–water partition coefficient (Wildman–Crippen LogP) is 1.38. The van der Waals surface area contributed by atoms with Crippen LogP contribution in [0.1, 0.15) is 20.8 Å². The molecule has 0 bridgehead atoms. The number of hydrogen-bond acceptors (Lipinski definition) is 4. The molecule has 1 amide bonds. The maximum Gasteiger partial charge on any atom is 0.410 e. The molecule has 5 nitrogen and oxygen atoms in total. The summed E-state index contributed by atoms with van der Waals surface area (Å²) < 4.78 is 9.84. The van der Waals surface area contributed by atoms with Gasteiger partial charge in [0.1, 0.15) is 5.60 Å². The van der Waals surface area contributed by atoms with Gasteiger partial charge in [-0.1, -0.05) is 5.92 Å². The Kier molecular flexibility index (Phi) is 6.61. The van der Waals surface area contributed by atoms with Gasteiger partial charge < -0.3 is 20.4 Å². The predicted molar refractivity (Wildman–Crippen MR) is 61.1 cm³/mol. The molecule has 0 aliphatic carbocycles. The molecule has 0 N–H and O–H groups in total. The van der Waals surface area contributed by atoms with Crippen molar-refractivity contribution in [3.63, 3.8) is 0 Å². The van der Waals surface area contributed by atoms with E-state index in [4.69, 9.17) is 4.74 Å². The molecular weight excluding hydrogens is 406 g/mol. The Morgan fingerprint density at radius 3 is 2.50 bits per heavy atom. The molecule has 0 saturated heterocycles. The van der Waals surface area contributed by atoms with E-state index in [0.717, 1.165) is 0 Å². The number of rotatable bonds is 1. The number of carbonyl (C=O) groups excluding carboxylic acids is 2. The van der Waals surface area contributed by atoms with Crippen molar-refractivity contribution in [3.8, 4) is 0 Å². The molecule has 1 aliphatic rings. The van der Waals surface area contributed by atoms with Gasteiger partial charge in [0.15, 0.2) is 0 Å². The quantitative estimate of drug-likeness (QED) is 0.472. The number of hydrogen-bond donors (Lipinski definition) is 0. The molecule has 1 rings (SSSR count). The van der Waals surface area contributed by atoms with Crippen molar-refractivity contribution in [1.29, 1.82) is 0 Å². The Labute approximate surface area is 122 Å². The summed E-state index contributed by atoms with van der Waals surface area (Å²) in [6.45, 7) is 6.05. The largest absolute Gasteiger partial charge is 0.483 e. The standard InChI is InChI=1S/C12H18NO4.W/c1-12(2,3)17-11(15)13-7-5-6-9(8-13)10(14)16-4;/h5,9H,7-8H2,1-4H3;/q-1;. The zero-order valence-corrected chi connectivity index (χ0v) is 14.0. The second kappa shape index (κ2) is 6.93. The fourth-order valence-corrected chi connectivity index (χ4v) is 1.41. The first-order valence-corrected chi connectivity index (χ1v) is 5.47. The van der Waals surface area contributed by atoms with Gasteiger partial charge in [0.25, 0.3) is 5.97 Å². The fourth-order valence-electron chi connectivity index (χ4n) is 1.41. The van der Waals surface area contributed by atoms with Gasteiger partial charge in [-0.15, -0.1) is 0 Å². The van der Waals surface area contributed by atoms with E-state index in [1.54, 1.807) is 26.8 Å². The molecule has 1 heterocycles. The maximum atomic E-state index is 11.8. The van der Waals surface area contributed by atoms with Gasteiger partial charge in [-0.25, -0.2) is 4.79 Å². The molecule has 1 atom stereocenters. The van der Waals surface area contributed by atoms with Crippen molar-refractivity contribution in [2.45, 2.75) is 26.4 Å². The minimum absolute atomic E-state index is 0. The average molecular weight is 424 g/mol. The normalized spacial score (nSPS) is 18.9. The monoisotopic (exact) mass is 424 g/mol. The van der Waals surface area contributed by atoms with Gasteiger partial charge in [-0.05, 0) is 20.8 Å². The summed E-state index contributed by atoms with van der Waals surface area (Å²) in [5.74, 6) is -0.921. The van der Waals surface area contributed by atoms with E-state index in [-0.39, 0.29) is 27.6 Å². The minimum atomic E-state index is -0.539. The molecule has 0 fully saturated rings. The van der Waals surface area contributed by atoms with Crippen LogP contribution in [0.5, 0.6) is 0 Å². The van der Waals surface area contributed by atoms with E-state index in [0.29, 0.717) is 6.54 Å². The SMILES string of the molecule is COC(=O)C1[C-]=CCN(C(=O)OC(C)(C)C)C1.[W]. The molecule has 0 aromatic heterocycles. The van der Waals surface area contributed by atoms with Crippen LogP contribution in [0.3, 0.4) is 0 Å². The van der Waals surface area contributed by atoms with Crippen molar-refractivity contribution < 1.29 is 40.1 Å². The van der Waals surface area contributed by atoms with Crippen molar-refractivity contribution >= 4 is 12.1 Å². The Morgan fingerprint density at radius 1 is 1.39 bits per heavy atom. The van der Waals surface area contributed by atoms with Crippen LogP contribution in [0.15, 0.2) is 6.08 Å². The fraction of sp³-hybridized carbons (Fsp3) is 0.667. The van der Waals surface area contributed by atoms with E-state index in [2.05, 4.69) is 10.8 Å². The minimum Gasteiger partial charge on any atom is -0.483 e. The summed E-state index contributed by atoms with van der Waals surface area (Å²) in [7, 11) is 1.32. The molecule has 1 aliphatic heterocycles. The van der Waals surface area contributed by atoms with Gasteiger partial charge in [-0.3, -0.25) is 10.9 Å². The van der Waals surface area contributed by atoms with E-state index in [9.17, 15) is 9.59 Å². The van der Waals surface area contributed by atoms with Crippen LogP contribution < -0.4 is 0 Å². The Bertz CT molecular complexity index is 335. The summed E-state index contributed by atoms with van der Waals surface area (Å²) in [5, 5.41) is 0. The third-order valence-electron chi connectivity index (χ3n) is 2.17. The molecule has 102 valence electrons. The van der Waals surface area contributed by atoms with Crippen LogP contribution in [-0.2, 0) is 35.3 Å². The summed E-state index contributed by atoms with van der Waals surface area (Å²) in [6.07, 6.45) is 4.09. The Hall–Kier alpha value is -0.832. The third-order valence-corrected chi connectivity index (χ3v) is 2.17. The average Bonchev–Trinajstić information content (AvgIpc) is 2.26. The second-order valence-electron chi connectivity index (χ2n) is 4.83. The van der Waals surface area contributed by atoms with Crippen molar-refractivity contribution in [2.24, 2.45) is 5.92 Å². The van der Waals surface area contributed by atoms with Gasteiger partial charge in [0.05, 0.1) is 7.11 Å². The van der Waals surface area contributed by atoms with E-state index in [1.165, 1.54) is 12.0 Å². The van der Waals surface area contributed by atoms with Gasteiger partial charge >= 0.3 is 6.09 Å². The molecule has 0 saturated carbocycles. The Balaban J connectivity index is 0.00000289. The first kappa shape index (κ1) is 17.2. The molecule has 0 aromatic rings. The molecule has 18 heavy (non-hydrogen) atoms. The first-order valence-electron chi connectivity index (χ1n) is 5.47. The van der Waals surface area contributed by atoms with Crippen LogP contribution in [0.2, 0.25) is 0 Å². The van der Waals surface area contributed by atoms with E-state index >= 15 is 0 Å². The molecule has 0 spiro atoms. The molecular formula is C12H18NO4W-. The van der Waals surface area contributed by atoms with E-state index in [1.807, 2.05) is 0 Å². The summed E-state index contributed by atoms with van der Waals surface area (Å²) in [6, 6.07) is 0. The van der Waals surface area contributed by atoms with Crippen molar-refractivity contribution in [3.05, 3.63) is 12.2 Å². The van der Waals surface area contributed by atoms with Gasteiger partial charge in [0, 0.05) is 34.2 Å². The number of ether oxygens (including phenoxy) is 2. The molecule has 6 heteroatoms.